The summed E-state index contributed by atoms with van der Waals surface area (Å²) in [5, 5.41) is 5.69. The van der Waals surface area contributed by atoms with Crippen LogP contribution < -0.4 is 25.7 Å². The van der Waals surface area contributed by atoms with E-state index in [1.165, 1.54) is 25.7 Å². The molecule has 34 heavy (non-hydrogen) atoms. The number of carbonyl (C=O) groups is 1. The van der Waals surface area contributed by atoms with Crippen LogP contribution in [0.1, 0.15) is 4.88 Å². The Bertz CT molecular complexity index is 1560. The summed E-state index contributed by atoms with van der Waals surface area (Å²) in [7, 11) is -0.977. The number of methoxy groups -OCH3 is 1. The van der Waals surface area contributed by atoms with E-state index in [0.29, 0.717) is 10.9 Å². The van der Waals surface area contributed by atoms with E-state index in [2.05, 4.69) is 25.6 Å². The summed E-state index contributed by atoms with van der Waals surface area (Å²) in [5.74, 6) is -0.122. The number of hydrogen-bond acceptors (Lipinski definition) is 10. The predicted octanol–water partition coefficient (Wildman–Crippen LogP) is 2.11. The number of benzene rings is 1. The monoisotopic (exact) mass is 501 g/mol. The summed E-state index contributed by atoms with van der Waals surface area (Å²) < 4.78 is 33.0. The molecule has 0 saturated heterocycles. The molecule has 0 spiro atoms. The van der Waals surface area contributed by atoms with Gasteiger partial charge < -0.3 is 15.4 Å². The van der Waals surface area contributed by atoms with Gasteiger partial charge in [0.25, 0.3) is 15.6 Å². The number of urea groups is 1. The zero-order valence-electron chi connectivity index (χ0n) is 18.2. The molecule has 12 nitrogen and oxygen atoms in total. The molecule has 0 saturated carbocycles. The summed E-state index contributed by atoms with van der Waals surface area (Å²) in [6, 6.07) is 7.14. The molecule has 0 aliphatic rings. The minimum absolute atomic E-state index is 0.00164. The third-order valence-electron chi connectivity index (χ3n) is 4.65. The van der Waals surface area contributed by atoms with Crippen LogP contribution in [0.3, 0.4) is 0 Å². The first kappa shape index (κ1) is 23.1. The molecular weight excluding hydrogens is 482 g/mol. The molecule has 176 valence electrons. The Kier molecular flexibility index (Phi) is 6.17. The van der Waals surface area contributed by atoms with Gasteiger partial charge in [0, 0.05) is 17.6 Å². The van der Waals surface area contributed by atoms with E-state index < -0.39 is 21.6 Å². The molecule has 1 aromatic carbocycles. The molecule has 4 rings (SSSR count). The van der Waals surface area contributed by atoms with Crippen molar-refractivity contribution in [3.8, 4) is 11.8 Å². The van der Waals surface area contributed by atoms with Crippen molar-refractivity contribution in [2.24, 2.45) is 0 Å². The van der Waals surface area contributed by atoms with E-state index in [1.54, 1.807) is 38.2 Å². The number of anilines is 2. The lowest BCUT2D eigenvalue weighted by Gasteiger charge is -2.12. The molecule has 3 N–H and O–H groups in total. The van der Waals surface area contributed by atoms with Gasteiger partial charge in [-0.05, 0) is 37.3 Å². The van der Waals surface area contributed by atoms with Gasteiger partial charge in [-0.15, -0.1) is 11.3 Å². The Morgan fingerprint density at radius 1 is 1.18 bits per heavy atom. The number of nitrogens with zero attached hydrogens (tertiary/aromatic N) is 4. The fraction of sp³-hybridized carbons (Fsp3) is 0.150. The maximum absolute atomic E-state index is 12.9. The molecule has 3 heterocycles. The first-order valence-corrected chi connectivity index (χ1v) is 12.0. The minimum Gasteiger partial charge on any atom is -0.479 e. The lowest BCUT2D eigenvalue weighted by atomic mass is 10.2. The van der Waals surface area contributed by atoms with Gasteiger partial charge in [0.2, 0.25) is 11.8 Å². The Labute approximate surface area is 197 Å². The second-order valence-electron chi connectivity index (χ2n) is 6.92. The molecule has 0 aliphatic carbocycles. The van der Waals surface area contributed by atoms with Crippen LogP contribution in [0.5, 0.6) is 5.88 Å². The van der Waals surface area contributed by atoms with Crippen LogP contribution in [-0.2, 0) is 10.0 Å². The van der Waals surface area contributed by atoms with E-state index >= 15 is 0 Å². The maximum Gasteiger partial charge on any atom is 0.333 e. The average molecular weight is 502 g/mol. The highest BCUT2D eigenvalue weighted by Gasteiger charge is 2.21. The van der Waals surface area contributed by atoms with Gasteiger partial charge >= 0.3 is 6.03 Å². The molecule has 0 fully saturated rings. The number of nitrogens with one attached hydrogen (secondary N) is 3. The summed E-state index contributed by atoms with van der Waals surface area (Å²) in [6.07, 6.45) is 2.48. The van der Waals surface area contributed by atoms with Gasteiger partial charge in [-0.3, -0.25) is 4.79 Å². The fourth-order valence-electron chi connectivity index (χ4n) is 3.01. The number of carbonyl (C=O) groups excluding carboxylic acids is 1. The normalized spacial score (nSPS) is 11.3. The lowest BCUT2D eigenvalue weighted by molar-refractivity contribution is 0.256. The minimum atomic E-state index is -4.04. The first-order valence-electron chi connectivity index (χ1n) is 9.72. The second kappa shape index (κ2) is 9.07. The van der Waals surface area contributed by atoms with E-state index in [-0.39, 0.29) is 21.7 Å². The number of aromatic nitrogens is 4. The lowest BCUT2D eigenvalue weighted by Crippen LogP contribution is -2.34. The van der Waals surface area contributed by atoms with Crippen LogP contribution in [0, 0.1) is 6.92 Å². The number of aryl methyl sites for hydroxylation is 1. The van der Waals surface area contributed by atoms with Crippen LogP contribution in [0.15, 0.2) is 51.9 Å². The zero-order chi connectivity index (χ0) is 24.5. The van der Waals surface area contributed by atoms with Crippen LogP contribution in [-0.4, -0.2) is 48.1 Å². The number of sulfonamides is 1. The van der Waals surface area contributed by atoms with Crippen molar-refractivity contribution in [1.29, 1.82) is 0 Å². The van der Waals surface area contributed by atoms with E-state index in [1.807, 2.05) is 4.72 Å². The van der Waals surface area contributed by atoms with Crippen LogP contribution >= 0.6 is 11.3 Å². The van der Waals surface area contributed by atoms with Crippen molar-refractivity contribution in [3.63, 3.8) is 0 Å². The van der Waals surface area contributed by atoms with Crippen molar-refractivity contribution < 1.29 is 17.9 Å². The number of thiophene rings is 1. The van der Waals surface area contributed by atoms with Gasteiger partial charge in [-0.2, -0.15) is 4.98 Å². The van der Waals surface area contributed by atoms with Crippen molar-refractivity contribution in [2.75, 3.05) is 24.8 Å². The number of rotatable bonds is 6. The standard InChI is InChI=1S/C20H19N7O5S2/c1-11-4-7-16(33-11)34(30,31)26-20(29)24-15-9-22-19(25-17(15)32-3)27-10-23-14-8-12(21-2)5-6-13(14)18(27)28/h4-10,21H,1-3H3,(H2,24,26,29). The maximum atomic E-state index is 12.9. The van der Waals surface area contributed by atoms with Crippen LogP contribution in [0.2, 0.25) is 0 Å². The molecule has 4 aromatic rings. The Hall–Kier alpha value is -4.04. The van der Waals surface area contributed by atoms with Crippen LogP contribution in [0.4, 0.5) is 16.2 Å². The SMILES string of the molecule is CNc1ccc2c(=O)n(-c3ncc(NC(=O)NS(=O)(=O)c4ccc(C)s4)c(OC)n3)cnc2c1. The van der Waals surface area contributed by atoms with Crippen molar-refractivity contribution in [2.45, 2.75) is 11.1 Å². The number of amides is 2. The van der Waals surface area contributed by atoms with E-state index in [9.17, 15) is 18.0 Å². The molecule has 0 bridgehead atoms. The zero-order valence-corrected chi connectivity index (χ0v) is 19.8. The molecule has 0 unspecified atom stereocenters. The highest BCUT2D eigenvalue weighted by atomic mass is 32.2. The summed E-state index contributed by atoms with van der Waals surface area (Å²) in [6.45, 7) is 1.75. The molecule has 0 atom stereocenters. The smallest absolute Gasteiger partial charge is 0.333 e. The summed E-state index contributed by atoms with van der Waals surface area (Å²) >= 11 is 1.03. The summed E-state index contributed by atoms with van der Waals surface area (Å²) in [4.78, 5) is 38.6. The first-order chi connectivity index (χ1) is 16.2. The molecule has 3 aromatic heterocycles. The number of fused-ring (bicyclic) bond motifs is 1. The van der Waals surface area contributed by atoms with Gasteiger partial charge in [0.05, 0.1) is 24.2 Å². The highest BCUT2D eigenvalue weighted by Crippen LogP contribution is 2.23. The highest BCUT2D eigenvalue weighted by molar-refractivity contribution is 7.92. The molecule has 14 heteroatoms. The molecule has 2 amide bonds. The molecule has 0 radical (unpaired) electrons. The van der Waals surface area contributed by atoms with Gasteiger partial charge in [0.1, 0.15) is 16.2 Å². The average Bonchev–Trinajstić information content (AvgIpc) is 3.26. The largest absolute Gasteiger partial charge is 0.479 e. The third-order valence-corrected chi connectivity index (χ3v) is 7.48. The van der Waals surface area contributed by atoms with E-state index in [0.717, 1.165) is 26.5 Å². The summed E-state index contributed by atoms with van der Waals surface area (Å²) in [5.41, 5.74) is 0.907. The number of hydrogen-bond donors (Lipinski definition) is 3. The van der Waals surface area contributed by atoms with Gasteiger partial charge in [-0.25, -0.2) is 32.5 Å². The van der Waals surface area contributed by atoms with Crippen molar-refractivity contribution in [1.82, 2.24) is 24.2 Å². The Morgan fingerprint density at radius 2 is 1.97 bits per heavy atom. The quantitative estimate of drug-likeness (QED) is 0.360. The molecule has 0 aliphatic heterocycles. The predicted molar refractivity (Wildman–Crippen MR) is 127 cm³/mol. The Morgan fingerprint density at radius 3 is 2.65 bits per heavy atom. The fourth-order valence-corrected chi connectivity index (χ4v) is 5.20. The molecular formula is C20H19N7O5S2. The van der Waals surface area contributed by atoms with Gasteiger partial charge in [0.15, 0.2) is 0 Å². The van der Waals surface area contributed by atoms with Crippen molar-refractivity contribution in [3.05, 3.63) is 58.1 Å². The van der Waals surface area contributed by atoms with E-state index in [4.69, 9.17) is 4.74 Å². The van der Waals surface area contributed by atoms with Crippen molar-refractivity contribution >= 4 is 49.7 Å². The topological polar surface area (TPSA) is 157 Å². The second-order valence-corrected chi connectivity index (χ2v) is 10.1. The van der Waals surface area contributed by atoms with Gasteiger partial charge in [-0.1, -0.05) is 0 Å². The third kappa shape index (κ3) is 4.53. The van der Waals surface area contributed by atoms with Crippen LogP contribution in [0.25, 0.3) is 16.9 Å². The Balaban J connectivity index is 1.60. The number of ether oxygens (including phenoxy) is 1.